The minimum absolute atomic E-state index is 0.0701. The summed E-state index contributed by atoms with van der Waals surface area (Å²) < 4.78 is 6.09. The average molecular weight is 627 g/mol. The third kappa shape index (κ3) is 5.93. The minimum atomic E-state index is -1.00. The molecule has 4 heterocycles. The van der Waals surface area contributed by atoms with Crippen LogP contribution in [-0.4, -0.2) is 45.5 Å². The number of carbonyl (C=O) groups excluding carboxylic acids is 5. The van der Waals surface area contributed by atoms with E-state index in [1.54, 1.807) is 24.5 Å². The maximum atomic E-state index is 13.4. The van der Waals surface area contributed by atoms with Crippen molar-refractivity contribution < 1.29 is 28.4 Å². The smallest absolute Gasteiger partial charge is 0.262 e. The van der Waals surface area contributed by atoms with Crippen LogP contribution in [0.2, 0.25) is 0 Å². The van der Waals surface area contributed by atoms with Crippen LogP contribution < -0.4 is 10.6 Å². The van der Waals surface area contributed by atoms with E-state index in [0.717, 1.165) is 32.6 Å². The first-order valence-corrected chi connectivity index (χ1v) is 15.4. The van der Waals surface area contributed by atoms with Crippen LogP contribution in [0, 0.1) is 0 Å². The van der Waals surface area contributed by atoms with Crippen molar-refractivity contribution >= 4 is 40.5 Å². The average Bonchev–Trinajstić information content (AvgIpc) is 3.62. The zero-order valence-corrected chi connectivity index (χ0v) is 25.3. The van der Waals surface area contributed by atoms with Gasteiger partial charge in [-0.1, -0.05) is 60.7 Å². The molecule has 5 amide bonds. The first kappa shape index (κ1) is 29.8. The van der Waals surface area contributed by atoms with Crippen LogP contribution in [0.3, 0.4) is 0 Å². The van der Waals surface area contributed by atoms with Gasteiger partial charge >= 0.3 is 0 Å². The Morgan fingerprint density at radius 3 is 2.49 bits per heavy atom. The van der Waals surface area contributed by atoms with E-state index in [0.29, 0.717) is 29.7 Å². The Hall–Kier alpha value is -5.90. The molecule has 2 aliphatic heterocycles. The van der Waals surface area contributed by atoms with E-state index in [2.05, 4.69) is 15.6 Å². The Morgan fingerprint density at radius 1 is 0.915 bits per heavy atom. The highest BCUT2D eigenvalue weighted by molar-refractivity contribution is 6.24. The van der Waals surface area contributed by atoms with Gasteiger partial charge in [-0.05, 0) is 60.2 Å². The summed E-state index contributed by atoms with van der Waals surface area (Å²) in [5.74, 6) is -1.62. The lowest BCUT2D eigenvalue weighted by Gasteiger charge is -2.27. The van der Waals surface area contributed by atoms with E-state index in [9.17, 15) is 24.0 Å². The number of furan rings is 1. The van der Waals surface area contributed by atoms with Crippen LogP contribution in [0.4, 0.5) is 0 Å². The number of aromatic nitrogens is 1. The summed E-state index contributed by atoms with van der Waals surface area (Å²) in [6.45, 7) is 0. The molecule has 0 saturated carbocycles. The number of imide groups is 2. The topological polar surface area (TPSA) is 139 Å². The molecule has 1 fully saturated rings. The van der Waals surface area contributed by atoms with E-state index < -0.39 is 35.7 Å². The maximum Gasteiger partial charge on any atom is 0.262 e. The molecule has 7 rings (SSSR count). The van der Waals surface area contributed by atoms with E-state index in [1.807, 2.05) is 72.8 Å². The summed E-state index contributed by atoms with van der Waals surface area (Å²) in [6.07, 6.45) is 4.83. The van der Waals surface area contributed by atoms with Gasteiger partial charge in [-0.15, -0.1) is 0 Å². The largest absolute Gasteiger partial charge is 0.459 e. The van der Waals surface area contributed by atoms with Crippen molar-refractivity contribution in [2.24, 2.45) is 0 Å². The Morgan fingerprint density at radius 2 is 1.72 bits per heavy atom. The van der Waals surface area contributed by atoms with Gasteiger partial charge in [0.2, 0.25) is 17.7 Å². The lowest BCUT2D eigenvalue weighted by Crippen LogP contribution is -2.54. The fourth-order valence-electron chi connectivity index (χ4n) is 6.30. The fourth-order valence-corrected chi connectivity index (χ4v) is 6.30. The Labute approximate surface area is 269 Å². The van der Waals surface area contributed by atoms with E-state index >= 15 is 0 Å². The van der Waals surface area contributed by atoms with Gasteiger partial charge in [0.15, 0.2) is 0 Å². The highest BCUT2D eigenvalue weighted by Crippen LogP contribution is 2.31. The Bertz CT molecular complexity index is 2000. The molecule has 5 aromatic rings. The molecule has 2 atom stereocenters. The van der Waals surface area contributed by atoms with Crippen molar-refractivity contribution in [1.29, 1.82) is 0 Å². The number of nitrogens with one attached hydrogen (secondary N) is 2. The zero-order chi connectivity index (χ0) is 32.5. The maximum absolute atomic E-state index is 13.4. The third-order valence-electron chi connectivity index (χ3n) is 8.68. The number of fused-ring (bicyclic) bond motifs is 2. The molecule has 2 N–H and O–H groups in total. The molecule has 0 aliphatic carbocycles. The first-order chi connectivity index (χ1) is 22.9. The number of benzene rings is 3. The number of carbonyl (C=O) groups is 5. The van der Waals surface area contributed by atoms with Crippen molar-refractivity contribution in [3.05, 3.63) is 136 Å². The molecule has 3 aromatic carbocycles. The van der Waals surface area contributed by atoms with Crippen molar-refractivity contribution in [2.45, 2.75) is 44.2 Å². The van der Waals surface area contributed by atoms with Gasteiger partial charge < -0.3 is 9.73 Å². The van der Waals surface area contributed by atoms with Crippen LogP contribution in [0.15, 0.2) is 102 Å². The standard InChI is InChI=1S/C37H30N4O6/c42-31-17-16-28(35(44)40-31)41-36(45)27-8-3-6-24(33(27)37(41)46)15-14-22-10-12-23(13-11-22)19-32(43)39-34(26-7-4-18-38-21-26)30-20-25-5-1-2-9-29(25)47-30/h1-13,18,20-21,28,34H,14-17,19H2,(H,39,43)(H,40,42,44). The van der Waals surface area contributed by atoms with Crippen LogP contribution in [0.25, 0.3) is 11.0 Å². The van der Waals surface area contributed by atoms with Gasteiger partial charge in [-0.3, -0.25) is 39.2 Å². The molecule has 0 bridgehead atoms. The van der Waals surface area contributed by atoms with Gasteiger partial charge in [0.05, 0.1) is 17.5 Å². The number of hydrogen-bond acceptors (Lipinski definition) is 7. The van der Waals surface area contributed by atoms with Crippen LogP contribution in [0.5, 0.6) is 0 Å². The number of rotatable bonds is 9. The lowest BCUT2D eigenvalue weighted by atomic mass is 9.96. The molecule has 234 valence electrons. The summed E-state index contributed by atoms with van der Waals surface area (Å²) in [6, 6.07) is 24.7. The van der Waals surface area contributed by atoms with Crippen molar-refractivity contribution in [3.8, 4) is 0 Å². The molecule has 47 heavy (non-hydrogen) atoms. The summed E-state index contributed by atoms with van der Waals surface area (Å²) in [5.41, 5.74) is 4.68. The normalized spacial score (nSPS) is 16.7. The summed E-state index contributed by atoms with van der Waals surface area (Å²) in [7, 11) is 0. The van der Waals surface area contributed by atoms with E-state index in [-0.39, 0.29) is 30.7 Å². The van der Waals surface area contributed by atoms with Crippen molar-refractivity contribution in [1.82, 2.24) is 20.5 Å². The molecule has 2 aliphatic rings. The molecule has 10 heteroatoms. The van der Waals surface area contributed by atoms with Gasteiger partial charge in [0.25, 0.3) is 11.8 Å². The number of amides is 5. The summed E-state index contributed by atoms with van der Waals surface area (Å²) in [5, 5.41) is 6.28. The van der Waals surface area contributed by atoms with E-state index in [4.69, 9.17) is 4.42 Å². The molecular weight excluding hydrogens is 596 g/mol. The number of nitrogens with zero attached hydrogens (tertiary/aromatic N) is 2. The Kier molecular flexibility index (Phi) is 7.91. The number of pyridine rings is 1. The first-order valence-electron chi connectivity index (χ1n) is 15.4. The number of hydrogen-bond donors (Lipinski definition) is 2. The monoisotopic (exact) mass is 626 g/mol. The number of aryl methyl sites for hydroxylation is 2. The second kappa shape index (κ2) is 12.5. The van der Waals surface area contributed by atoms with Crippen LogP contribution in [0.1, 0.15) is 67.6 Å². The number of para-hydroxylation sites is 1. The van der Waals surface area contributed by atoms with Crippen LogP contribution in [-0.2, 0) is 33.6 Å². The molecule has 0 radical (unpaired) electrons. The molecular formula is C37H30N4O6. The van der Waals surface area contributed by atoms with Gasteiger partial charge in [-0.2, -0.15) is 0 Å². The van der Waals surface area contributed by atoms with Crippen LogP contribution >= 0.6 is 0 Å². The van der Waals surface area contributed by atoms with Gasteiger partial charge in [0.1, 0.15) is 23.4 Å². The zero-order valence-electron chi connectivity index (χ0n) is 25.3. The highest BCUT2D eigenvalue weighted by Gasteiger charge is 2.45. The van der Waals surface area contributed by atoms with Gasteiger partial charge in [0, 0.05) is 29.8 Å². The summed E-state index contributed by atoms with van der Waals surface area (Å²) in [4.78, 5) is 69.0. The second-order valence-corrected chi connectivity index (χ2v) is 11.8. The molecule has 10 nitrogen and oxygen atoms in total. The second-order valence-electron chi connectivity index (χ2n) is 11.8. The predicted octanol–water partition coefficient (Wildman–Crippen LogP) is 4.46. The fraction of sp³-hybridized carbons (Fsp3) is 0.189. The SMILES string of the molecule is O=C1CCC(N2C(=O)c3cccc(CCc4ccc(CC(=O)NC(c5cccnc5)c5cc6ccccc6o5)cc4)c3C2=O)C(=O)N1. The molecule has 1 saturated heterocycles. The van der Waals surface area contributed by atoms with Crippen molar-refractivity contribution in [2.75, 3.05) is 0 Å². The van der Waals surface area contributed by atoms with E-state index in [1.165, 1.54) is 0 Å². The minimum Gasteiger partial charge on any atom is -0.459 e. The summed E-state index contributed by atoms with van der Waals surface area (Å²) >= 11 is 0. The Balaban J connectivity index is 1.01. The lowest BCUT2D eigenvalue weighted by molar-refractivity contribution is -0.136. The number of piperidine rings is 1. The predicted molar refractivity (Wildman–Crippen MR) is 171 cm³/mol. The van der Waals surface area contributed by atoms with Gasteiger partial charge in [-0.25, -0.2) is 0 Å². The molecule has 2 aromatic heterocycles. The van der Waals surface area contributed by atoms with Crippen molar-refractivity contribution in [3.63, 3.8) is 0 Å². The highest BCUT2D eigenvalue weighted by atomic mass is 16.3. The molecule has 0 spiro atoms. The quantitative estimate of drug-likeness (QED) is 0.230. The third-order valence-corrected chi connectivity index (χ3v) is 8.68. The molecule has 2 unspecified atom stereocenters.